The van der Waals surface area contributed by atoms with Crippen molar-refractivity contribution in [3.8, 4) is 0 Å². The highest BCUT2D eigenvalue weighted by Gasteiger charge is 2.22. The first kappa shape index (κ1) is 15.1. The molecule has 0 aliphatic heterocycles. The number of carbonyl (C=O) groups is 1. The van der Waals surface area contributed by atoms with Crippen molar-refractivity contribution < 1.29 is 13.4 Å². The number of benzene rings is 2. The van der Waals surface area contributed by atoms with Crippen LogP contribution in [0.2, 0.25) is 0 Å². The van der Waals surface area contributed by atoms with Gasteiger partial charge < -0.3 is 0 Å². The molecular formula is C15H12BrFO2S. The summed E-state index contributed by atoms with van der Waals surface area (Å²) in [7, 11) is -1.50. The van der Waals surface area contributed by atoms with Crippen LogP contribution in [-0.4, -0.2) is 15.2 Å². The molecule has 0 saturated carbocycles. The summed E-state index contributed by atoms with van der Waals surface area (Å²) in [6, 6.07) is 12.3. The predicted molar refractivity (Wildman–Crippen MR) is 80.7 cm³/mol. The summed E-state index contributed by atoms with van der Waals surface area (Å²) in [4.78, 5) is 12.7. The summed E-state index contributed by atoms with van der Waals surface area (Å²) in [5, 5.41) is -0.679. The minimum absolute atomic E-state index is 0.194. The quantitative estimate of drug-likeness (QED) is 0.778. The Balaban J connectivity index is 2.20. The second kappa shape index (κ2) is 6.41. The average molecular weight is 355 g/mol. The summed E-state index contributed by atoms with van der Waals surface area (Å²) in [6.45, 7) is 1.61. The molecule has 0 aliphatic rings. The summed E-state index contributed by atoms with van der Waals surface area (Å²) >= 11 is 3.30. The van der Waals surface area contributed by atoms with Crippen LogP contribution in [0, 0.1) is 5.82 Å². The van der Waals surface area contributed by atoms with E-state index in [2.05, 4.69) is 15.9 Å². The Morgan fingerprint density at radius 2 is 1.65 bits per heavy atom. The van der Waals surface area contributed by atoms with E-state index in [0.717, 1.165) is 4.47 Å². The number of halogens is 2. The van der Waals surface area contributed by atoms with Crippen molar-refractivity contribution in [2.75, 3.05) is 0 Å². The van der Waals surface area contributed by atoms with Crippen LogP contribution >= 0.6 is 15.9 Å². The molecule has 2 unspecified atom stereocenters. The third kappa shape index (κ3) is 3.41. The van der Waals surface area contributed by atoms with Gasteiger partial charge in [0.05, 0.1) is 16.0 Å². The first-order valence-electron chi connectivity index (χ1n) is 5.95. The molecule has 0 spiro atoms. The van der Waals surface area contributed by atoms with Gasteiger partial charge in [0.2, 0.25) is 0 Å². The fourth-order valence-electron chi connectivity index (χ4n) is 1.72. The lowest BCUT2D eigenvalue weighted by molar-refractivity contribution is 0.0992. The van der Waals surface area contributed by atoms with Crippen LogP contribution in [0.15, 0.2) is 57.9 Å². The van der Waals surface area contributed by atoms with Crippen molar-refractivity contribution in [1.29, 1.82) is 0 Å². The fraction of sp³-hybridized carbons (Fsp3) is 0.133. The highest BCUT2D eigenvalue weighted by molar-refractivity contribution is 9.10. The molecule has 0 aromatic heterocycles. The average Bonchev–Trinajstić information content (AvgIpc) is 2.46. The topological polar surface area (TPSA) is 34.1 Å². The van der Waals surface area contributed by atoms with E-state index in [1.807, 2.05) is 0 Å². The number of carbonyl (C=O) groups excluding carboxylic acids is 1. The van der Waals surface area contributed by atoms with Crippen LogP contribution in [0.1, 0.15) is 17.3 Å². The molecule has 2 atom stereocenters. The van der Waals surface area contributed by atoms with E-state index in [4.69, 9.17) is 0 Å². The van der Waals surface area contributed by atoms with Crippen LogP contribution in [0.25, 0.3) is 0 Å². The number of rotatable bonds is 4. The van der Waals surface area contributed by atoms with E-state index in [9.17, 15) is 13.4 Å². The van der Waals surface area contributed by atoms with E-state index in [-0.39, 0.29) is 5.78 Å². The third-order valence-electron chi connectivity index (χ3n) is 2.87. The highest BCUT2D eigenvalue weighted by atomic mass is 79.9. The van der Waals surface area contributed by atoms with E-state index in [0.29, 0.717) is 10.5 Å². The molecule has 20 heavy (non-hydrogen) atoms. The largest absolute Gasteiger partial charge is 0.293 e. The summed E-state index contributed by atoms with van der Waals surface area (Å²) in [6.07, 6.45) is 0. The first-order chi connectivity index (χ1) is 9.49. The fourth-order valence-corrected chi connectivity index (χ4v) is 3.13. The minimum Gasteiger partial charge on any atom is -0.293 e. The number of hydrogen-bond donors (Lipinski definition) is 0. The van der Waals surface area contributed by atoms with Crippen molar-refractivity contribution in [3.05, 3.63) is 64.4 Å². The Morgan fingerprint density at radius 3 is 2.20 bits per heavy atom. The summed E-state index contributed by atoms with van der Waals surface area (Å²) in [5.74, 6) is -0.585. The predicted octanol–water partition coefficient (Wildman–Crippen LogP) is 3.97. The van der Waals surface area contributed by atoms with E-state index in [1.165, 1.54) is 24.3 Å². The number of ketones is 1. The molecule has 2 rings (SSSR count). The smallest absolute Gasteiger partial charge is 0.178 e. The molecule has 0 fully saturated rings. The molecule has 2 nitrogen and oxygen atoms in total. The van der Waals surface area contributed by atoms with Crippen molar-refractivity contribution in [2.45, 2.75) is 17.1 Å². The van der Waals surface area contributed by atoms with Gasteiger partial charge in [-0.05, 0) is 43.3 Å². The molecule has 0 N–H and O–H groups in total. The normalized spacial score (nSPS) is 13.8. The zero-order valence-electron chi connectivity index (χ0n) is 10.7. The van der Waals surface area contributed by atoms with Crippen LogP contribution in [0.4, 0.5) is 4.39 Å². The third-order valence-corrected chi connectivity index (χ3v) is 4.99. The Labute approximate surface area is 127 Å². The molecule has 2 aromatic carbocycles. The van der Waals surface area contributed by atoms with Gasteiger partial charge in [-0.2, -0.15) is 0 Å². The maximum atomic E-state index is 12.8. The lowest BCUT2D eigenvalue weighted by atomic mass is 10.1. The van der Waals surface area contributed by atoms with Crippen LogP contribution < -0.4 is 0 Å². The molecule has 0 heterocycles. The Bertz CT molecular complexity index is 580. The molecule has 2 aromatic rings. The van der Waals surface area contributed by atoms with Gasteiger partial charge in [-0.3, -0.25) is 9.00 Å². The molecular weight excluding hydrogens is 343 g/mol. The van der Waals surface area contributed by atoms with Gasteiger partial charge in [0.1, 0.15) is 5.82 Å². The summed E-state index contributed by atoms with van der Waals surface area (Å²) in [5.41, 5.74) is 0.510. The standard InChI is InChI=1S/C15H12BrFO2S/c1-10(15(18)11-2-4-12(16)5-3-11)20(19)14-8-6-13(17)7-9-14/h2-10H,1H3. The van der Waals surface area contributed by atoms with Crippen LogP contribution in [0.3, 0.4) is 0 Å². The van der Waals surface area contributed by atoms with Gasteiger partial charge >= 0.3 is 0 Å². The maximum Gasteiger partial charge on any atom is 0.178 e. The second-order valence-corrected chi connectivity index (χ2v) is 6.95. The molecule has 0 radical (unpaired) electrons. The van der Waals surface area contributed by atoms with E-state index in [1.54, 1.807) is 31.2 Å². The molecule has 5 heteroatoms. The molecule has 0 amide bonds. The van der Waals surface area contributed by atoms with E-state index >= 15 is 0 Å². The van der Waals surface area contributed by atoms with Crippen molar-refractivity contribution >= 4 is 32.5 Å². The van der Waals surface area contributed by atoms with Crippen molar-refractivity contribution in [2.24, 2.45) is 0 Å². The SMILES string of the molecule is CC(C(=O)c1ccc(Br)cc1)S(=O)c1ccc(F)cc1. The molecule has 0 bridgehead atoms. The van der Waals surface area contributed by atoms with Gasteiger partial charge in [-0.25, -0.2) is 4.39 Å². The Hall–Kier alpha value is -1.33. The number of hydrogen-bond acceptors (Lipinski definition) is 2. The Kier molecular flexibility index (Phi) is 4.83. The molecule has 104 valence electrons. The van der Waals surface area contributed by atoms with Gasteiger partial charge in [0.25, 0.3) is 0 Å². The van der Waals surface area contributed by atoms with Crippen LogP contribution in [-0.2, 0) is 10.8 Å². The summed E-state index contributed by atoms with van der Waals surface area (Å²) < 4.78 is 26.0. The monoisotopic (exact) mass is 354 g/mol. The van der Waals surface area contributed by atoms with Gasteiger partial charge in [0, 0.05) is 14.9 Å². The maximum absolute atomic E-state index is 12.8. The lowest BCUT2D eigenvalue weighted by Gasteiger charge is -2.10. The second-order valence-electron chi connectivity index (χ2n) is 4.26. The van der Waals surface area contributed by atoms with Gasteiger partial charge in [-0.15, -0.1) is 0 Å². The first-order valence-corrected chi connectivity index (χ1v) is 7.95. The molecule has 0 saturated heterocycles. The van der Waals surface area contributed by atoms with Crippen molar-refractivity contribution in [3.63, 3.8) is 0 Å². The lowest BCUT2D eigenvalue weighted by Crippen LogP contribution is -2.22. The van der Waals surface area contributed by atoms with Crippen LogP contribution in [0.5, 0.6) is 0 Å². The highest BCUT2D eigenvalue weighted by Crippen LogP contribution is 2.17. The van der Waals surface area contributed by atoms with Gasteiger partial charge in [0.15, 0.2) is 5.78 Å². The van der Waals surface area contributed by atoms with Crippen molar-refractivity contribution in [1.82, 2.24) is 0 Å². The Morgan fingerprint density at radius 1 is 1.10 bits per heavy atom. The zero-order valence-corrected chi connectivity index (χ0v) is 13.1. The minimum atomic E-state index is -1.50. The zero-order chi connectivity index (χ0) is 14.7. The molecule has 0 aliphatic carbocycles. The van der Waals surface area contributed by atoms with E-state index < -0.39 is 21.9 Å². The number of Topliss-reactive ketones (excluding diaryl/α,β-unsaturated/α-hetero) is 1. The van der Waals surface area contributed by atoms with Gasteiger partial charge in [-0.1, -0.05) is 28.1 Å².